The Kier molecular flexibility index (Phi) is 2.37. The number of nitrogens with zero attached hydrogens (tertiary/aromatic N) is 1. The van der Waals surface area contributed by atoms with Gasteiger partial charge in [-0.15, -0.1) is 0 Å². The second kappa shape index (κ2) is 3.29. The Bertz CT molecular complexity index is 297. The van der Waals surface area contributed by atoms with Crippen LogP contribution in [0.25, 0.3) is 0 Å². The molecule has 1 aromatic rings. The molecular formula is C7H7NO4. The van der Waals surface area contributed by atoms with Crippen molar-refractivity contribution in [3.63, 3.8) is 0 Å². The monoisotopic (exact) mass is 169 g/mol. The lowest BCUT2D eigenvalue weighted by Gasteiger charge is -2.02. The van der Waals surface area contributed by atoms with Gasteiger partial charge in [-0.1, -0.05) is 0 Å². The van der Waals surface area contributed by atoms with Crippen molar-refractivity contribution >= 4 is 5.97 Å². The molecular weight excluding hydrogens is 162 g/mol. The molecule has 1 aromatic heterocycles. The second-order valence-corrected chi connectivity index (χ2v) is 2.15. The number of hydrogen-bond donors (Lipinski definition) is 3. The maximum atomic E-state index is 10.4. The maximum Gasteiger partial charge on any atom is 0.335 e. The molecule has 0 atom stereocenters. The van der Waals surface area contributed by atoms with Crippen molar-refractivity contribution in [2.75, 3.05) is 0 Å². The summed E-state index contributed by atoms with van der Waals surface area (Å²) in [5.74, 6) is -1.13. The lowest BCUT2D eigenvalue weighted by Crippen LogP contribution is -2.02. The molecule has 1 rings (SSSR count). The van der Waals surface area contributed by atoms with Crippen LogP contribution in [0.5, 0.6) is 0 Å². The quantitative estimate of drug-likeness (QED) is 0.531. The van der Waals surface area contributed by atoms with Crippen LogP contribution in [0.3, 0.4) is 0 Å². The van der Waals surface area contributed by atoms with Crippen molar-refractivity contribution in [2.45, 2.75) is 6.29 Å². The summed E-state index contributed by atoms with van der Waals surface area (Å²) < 4.78 is 0. The summed E-state index contributed by atoms with van der Waals surface area (Å²) in [6.45, 7) is 0. The number of aromatic nitrogens is 1. The van der Waals surface area contributed by atoms with E-state index in [0.717, 1.165) is 6.07 Å². The predicted octanol–water partition coefficient (Wildman–Crippen LogP) is -0.237. The predicted molar refractivity (Wildman–Crippen MR) is 38.4 cm³/mol. The smallest absolute Gasteiger partial charge is 0.335 e. The molecule has 0 aliphatic carbocycles. The van der Waals surface area contributed by atoms with Gasteiger partial charge in [0.15, 0.2) is 6.29 Å². The molecule has 0 fully saturated rings. The molecule has 0 aliphatic rings. The van der Waals surface area contributed by atoms with E-state index < -0.39 is 12.3 Å². The summed E-state index contributed by atoms with van der Waals surface area (Å²) in [7, 11) is 0. The number of carbonyl (C=O) groups is 1. The fourth-order valence-electron chi connectivity index (χ4n) is 0.723. The van der Waals surface area contributed by atoms with E-state index in [1.807, 2.05) is 0 Å². The molecule has 3 N–H and O–H groups in total. The first-order valence-electron chi connectivity index (χ1n) is 3.16. The van der Waals surface area contributed by atoms with E-state index in [0.29, 0.717) is 0 Å². The second-order valence-electron chi connectivity index (χ2n) is 2.15. The van der Waals surface area contributed by atoms with Gasteiger partial charge in [0.05, 0.1) is 11.3 Å². The van der Waals surface area contributed by atoms with Crippen molar-refractivity contribution in [1.29, 1.82) is 0 Å². The van der Waals surface area contributed by atoms with Gasteiger partial charge in [0, 0.05) is 6.20 Å². The number of aliphatic hydroxyl groups excluding tert-OH is 1. The van der Waals surface area contributed by atoms with Crippen molar-refractivity contribution in [3.8, 4) is 0 Å². The van der Waals surface area contributed by atoms with E-state index >= 15 is 0 Å². The van der Waals surface area contributed by atoms with Crippen LogP contribution in [0.1, 0.15) is 22.3 Å². The van der Waals surface area contributed by atoms with Crippen LogP contribution in [0, 0.1) is 0 Å². The Morgan fingerprint density at radius 3 is 2.67 bits per heavy atom. The Labute approximate surface area is 67.9 Å². The third kappa shape index (κ3) is 1.77. The molecule has 0 bridgehead atoms. The summed E-state index contributed by atoms with van der Waals surface area (Å²) in [5, 5.41) is 25.8. The highest BCUT2D eigenvalue weighted by Crippen LogP contribution is 2.07. The fourth-order valence-corrected chi connectivity index (χ4v) is 0.723. The van der Waals surface area contributed by atoms with Crippen molar-refractivity contribution in [1.82, 2.24) is 4.98 Å². The van der Waals surface area contributed by atoms with Crippen LogP contribution < -0.4 is 0 Å². The molecule has 5 heteroatoms. The first-order valence-corrected chi connectivity index (χ1v) is 3.16. The molecule has 0 unspecified atom stereocenters. The summed E-state index contributed by atoms with van der Waals surface area (Å²) in [4.78, 5) is 13.9. The van der Waals surface area contributed by atoms with Crippen LogP contribution in [-0.4, -0.2) is 26.3 Å². The summed E-state index contributed by atoms with van der Waals surface area (Å²) >= 11 is 0. The summed E-state index contributed by atoms with van der Waals surface area (Å²) in [6, 6.07) is 2.38. The van der Waals surface area contributed by atoms with E-state index in [9.17, 15) is 4.79 Å². The van der Waals surface area contributed by atoms with E-state index in [4.69, 9.17) is 15.3 Å². The van der Waals surface area contributed by atoms with Gasteiger partial charge < -0.3 is 15.3 Å². The zero-order valence-corrected chi connectivity index (χ0v) is 6.01. The molecule has 0 aromatic carbocycles. The lowest BCUT2D eigenvalue weighted by molar-refractivity contribution is -0.0458. The third-order valence-electron chi connectivity index (χ3n) is 1.29. The minimum absolute atomic E-state index is 0.0203. The van der Waals surface area contributed by atoms with Crippen LogP contribution in [0.2, 0.25) is 0 Å². The number of carboxylic acids is 1. The standard InChI is InChI=1S/C7H7NO4/c9-6(10)4-1-2-8-5(3-4)7(11)12/h1-3,7,11-12H,(H,9,10). The molecule has 0 radical (unpaired) electrons. The van der Waals surface area contributed by atoms with Gasteiger partial charge in [0.1, 0.15) is 0 Å². The molecule has 0 aliphatic heterocycles. The summed E-state index contributed by atoms with van der Waals surface area (Å²) in [5.41, 5.74) is -0.0944. The molecule has 1 heterocycles. The first kappa shape index (κ1) is 8.63. The first-order chi connectivity index (χ1) is 5.61. The average Bonchev–Trinajstić information content (AvgIpc) is 2.04. The largest absolute Gasteiger partial charge is 0.478 e. The highest BCUT2D eigenvalue weighted by molar-refractivity contribution is 5.87. The van der Waals surface area contributed by atoms with Gasteiger partial charge in [-0.05, 0) is 12.1 Å². The molecule has 5 nitrogen and oxygen atoms in total. The highest BCUT2D eigenvalue weighted by Gasteiger charge is 2.08. The van der Waals surface area contributed by atoms with Gasteiger partial charge in [0.25, 0.3) is 0 Å². The molecule has 0 amide bonds. The van der Waals surface area contributed by atoms with E-state index in [2.05, 4.69) is 4.98 Å². The number of aliphatic hydroxyl groups is 2. The molecule has 0 saturated heterocycles. The Balaban J connectivity index is 3.04. The SMILES string of the molecule is O=C(O)c1ccnc(C(O)O)c1. The van der Waals surface area contributed by atoms with Crippen molar-refractivity contribution < 1.29 is 20.1 Å². The van der Waals surface area contributed by atoms with Crippen molar-refractivity contribution in [2.24, 2.45) is 0 Å². The zero-order chi connectivity index (χ0) is 9.14. The number of aromatic carboxylic acids is 1. The zero-order valence-electron chi connectivity index (χ0n) is 6.01. The fraction of sp³-hybridized carbons (Fsp3) is 0.143. The molecule has 0 spiro atoms. The van der Waals surface area contributed by atoms with E-state index in [-0.39, 0.29) is 11.3 Å². The topological polar surface area (TPSA) is 90.7 Å². The number of rotatable bonds is 2. The third-order valence-corrected chi connectivity index (χ3v) is 1.29. The van der Waals surface area contributed by atoms with Crippen LogP contribution in [-0.2, 0) is 0 Å². The summed E-state index contributed by atoms with van der Waals surface area (Å²) in [6.07, 6.45) is -0.526. The lowest BCUT2D eigenvalue weighted by atomic mass is 10.2. The Hall–Kier alpha value is -1.46. The van der Waals surface area contributed by atoms with Crippen LogP contribution in [0.15, 0.2) is 18.3 Å². The highest BCUT2D eigenvalue weighted by atomic mass is 16.5. The van der Waals surface area contributed by atoms with Gasteiger partial charge in [-0.3, -0.25) is 4.98 Å². The van der Waals surface area contributed by atoms with Gasteiger partial charge in [0.2, 0.25) is 0 Å². The van der Waals surface area contributed by atoms with Gasteiger partial charge >= 0.3 is 5.97 Å². The minimum atomic E-state index is -1.73. The molecule has 64 valence electrons. The van der Waals surface area contributed by atoms with E-state index in [1.165, 1.54) is 12.3 Å². The van der Waals surface area contributed by atoms with Crippen LogP contribution >= 0.6 is 0 Å². The Morgan fingerprint density at radius 1 is 1.50 bits per heavy atom. The normalized spacial score (nSPS) is 10.2. The average molecular weight is 169 g/mol. The minimum Gasteiger partial charge on any atom is -0.478 e. The van der Waals surface area contributed by atoms with Gasteiger partial charge in [-0.25, -0.2) is 4.79 Å². The van der Waals surface area contributed by atoms with E-state index in [1.54, 1.807) is 0 Å². The molecule has 12 heavy (non-hydrogen) atoms. The number of carboxylic acid groups (broad SMARTS) is 1. The maximum absolute atomic E-state index is 10.4. The number of hydrogen-bond acceptors (Lipinski definition) is 4. The number of pyridine rings is 1. The molecule has 0 saturated carbocycles. The van der Waals surface area contributed by atoms with Gasteiger partial charge in [-0.2, -0.15) is 0 Å². The van der Waals surface area contributed by atoms with Crippen LogP contribution in [0.4, 0.5) is 0 Å². The Morgan fingerprint density at radius 2 is 2.17 bits per heavy atom. The van der Waals surface area contributed by atoms with Crippen molar-refractivity contribution in [3.05, 3.63) is 29.6 Å².